The SMILES string of the molecule is CCOC(=O)CC[C@H](NS(=O)(=O)C1CCCC1)C(=O)O. The molecule has 2 N–H and O–H groups in total. The molecule has 0 aromatic carbocycles. The summed E-state index contributed by atoms with van der Waals surface area (Å²) in [6, 6.07) is -1.29. The van der Waals surface area contributed by atoms with Crippen molar-refractivity contribution in [2.24, 2.45) is 0 Å². The molecule has 8 heteroatoms. The van der Waals surface area contributed by atoms with Crippen molar-refractivity contribution in [3.8, 4) is 0 Å². The van der Waals surface area contributed by atoms with Crippen molar-refractivity contribution in [1.82, 2.24) is 4.72 Å². The Morgan fingerprint density at radius 1 is 1.35 bits per heavy atom. The fourth-order valence-corrected chi connectivity index (χ4v) is 3.98. The van der Waals surface area contributed by atoms with Gasteiger partial charge in [-0.1, -0.05) is 12.8 Å². The number of aliphatic carboxylic acids is 1. The van der Waals surface area contributed by atoms with Gasteiger partial charge in [0.2, 0.25) is 10.0 Å². The zero-order valence-corrected chi connectivity index (χ0v) is 12.3. The van der Waals surface area contributed by atoms with Crippen LogP contribution in [0, 0.1) is 0 Å². The summed E-state index contributed by atoms with van der Waals surface area (Å²) >= 11 is 0. The van der Waals surface area contributed by atoms with Gasteiger partial charge in [-0.15, -0.1) is 0 Å². The van der Waals surface area contributed by atoms with Crippen LogP contribution in [-0.4, -0.2) is 43.4 Å². The second-order valence-electron chi connectivity index (χ2n) is 4.80. The number of carboxylic acid groups (broad SMARTS) is 1. The molecule has 0 spiro atoms. The van der Waals surface area contributed by atoms with Crippen LogP contribution >= 0.6 is 0 Å². The molecule has 1 rings (SSSR count). The fraction of sp³-hybridized carbons (Fsp3) is 0.833. The van der Waals surface area contributed by atoms with Crippen molar-refractivity contribution in [3.05, 3.63) is 0 Å². The van der Waals surface area contributed by atoms with E-state index in [0.29, 0.717) is 12.8 Å². The second kappa shape index (κ2) is 7.58. The molecular weight excluding hydrogens is 286 g/mol. The molecule has 0 aromatic heterocycles. The minimum atomic E-state index is -3.65. The first-order chi connectivity index (χ1) is 9.36. The molecule has 1 aliphatic carbocycles. The smallest absolute Gasteiger partial charge is 0.321 e. The molecule has 0 heterocycles. The summed E-state index contributed by atoms with van der Waals surface area (Å²) in [7, 11) is -3.65. The summed E-state index contributed by atoms with van der Waals surface area (Å²) in [5.74, 6) is -1.81. The second-order valence-corrected chi connectivity index (χ2v) is 6.80. The van der Waals surface area contributed by atoms with Gasteiger partial charge in [0.05, 0.1) is 11.9 Å². The van der Waals surface area contributed by atoms with Crippen LogP contribution < -0.4 is 4.72 Å². The Bertz CT molecular complexity index is 441. The van der Waals surface area contributed by atoms with Gasteiger partial charge in [-0.25, -0.2) is 13.1 Å². The monoisotopic (exact) mass is 307 g/mol. The van der Waals surface area contributed by atoms with Gasteiger partial charge in [-0.3, -0.25) is 9.59 Å². The van der Waals surface area contributed by atoms with Crippen molar-refractivity contribution in [2.45, 2.75) is 56.7 Å². The lowest BCUT2D eigenvalue weighted by molar-refractivity contribution is -0.144. The zero-order chi connectivity index (χ0) is 15.2. The average Bonchev–Trinajstić information content (AvgIpc) is 2.89. The Kier molecular flexibility index (Phi) is 6.41. The van der Waals surface area contributed by atoms with Crippen LogP contribution in [0.5, 0.6) is 0 Å². The van der Waals surface area contributed by atoms with Crippen LogP contribution in [0.4, 0.5) is 0 Å². The molecule has 0 radical (unpaired) electrons. The van der Waals surface area contributed by atoms with Crippen LogP contribution in [0.3, 0.4) is 0 Å². The van der Waals surface area contributed by atoms with E-state index in [4.69, 9.17) is 9.84 Å². The number of ether oxygens (including phenoxy) is 1. The molecule has 0 saturated heterocycles. The normalized spacial score (nSPS) is 17.9. The number of carboxylic acids is 1. The molecule has 1 atom stereocenters. The predicted octanol–water partition coefficient (Wildman–Crippen LogP) is 0.645. The highest BCUT2D eigenvalue weighted by molar-refractivity contribution is 7.90. The van der Waals surface area contributed by atoms with E-state index in [1.807, 2.05) is 0 Å². The number of nitrogens with one attached hydrogen (secondary N) is 1. The Morgan fingerprint density at radius 3 is 2.45 bits per heavy atom. The first kappa shape index (κ1) is 16.9. The number of hydrogen-bond donors (Lipinski definition) is 2. The lowest BCUT2D eigenvalue weighted by atomic mass is 10.2. The third-order valence-corrected chi connectivity index (χ3v) is 5.25. The van der Waals surface area contributed by atoms with E-state index in [2.05, 4.69) is 4.72 Å². The molecular formula is C12H21NO6S. The molecule has 0 aromatic rings. The zero-order valence-electron chi connectivity index (χ0n) is 11.5. The molecule has 20 heavy (non-hydrogen) atoms. The van der Waals surface area contributed by atoms with Gasteiger partial charge in [0.25, 0.3) is 0 Å². The quantitative estimate of drug-likeness (QED) is 0.637. The van der Waals surface area contributed by atoms with E-state index in [9.17, 15) is 18.0 Å². The lowest BCUT2D eigenvalue weighted by Gasteiger charge is -2.17. The lowest BCUT2D eigenvalue weighted by Crippen LogP contribution is -2.44. The Balaban J connectivity index is 2.58. The van der Waals surface area contributed by atoms with Crippen molar-refractivity contribution in [1.29, 1.82) is 0 Å². The summed E-state index contributed by atoms with van der Waals surface area (Å²) in [5.41, 5.74) is 0. The molecule has 0 unspecified atom stereocenters. The minimum absolute atomic E-state index is 0.111. The topological polar surface area (TPSA) is 110 Å². The van der Waals surface area contributed by atoms with Crippen LogP contribution in [0.1, 0.15) is 45.4 Å². The van der Waals surface area contributed by atoms with Crippen molar-refractivity contribution >= 4 is 22.0 Å². The largest absolute Gasteiger partial charge is 0.480 e. The standard InChI is InChI=1S/C12H21NO6S/c1-2-19-11(14)8-7-10(12(15)16)13-20(17,18)9-5-3-4-6-9/h9-10,13H,2-8H2,1H3,(H,15,16)/t10-/m0/s1. The van der Waals surface area contributed by atoms with Crippen molar-refractivity contribution in [3.63, 3.8) is 0 Å². The summed E-state index contributed by atoms with van der Waals surface area (Å²) in [6.07, 6.45) is 2.55. The van der Waals surface area contributed by atoms with Crippen LogP contribution in [0.2, 0.25) is 0 Å². The number of esters is 1. The first-order valence-electron chi connectivity index (χ1n) is 6.76. The minimum Gasteiger partial charge on any atom is -0.480 e. The Hall–Kier alpha value is -1.15. The van der Waals surface area contributed by atoms with E-state index in [1.54, 1.807) is 6.92 Å². The van der Waals surface area contributed by atoms with Crippen LogP contribution in [-0.2, 0) is 24.3 Å². The maximum absolute atomic E-state index is 12.0. The van der Waals surface area contributed by atoms with Crippen molar-refractivity contribution in [2.75, 3.05) is 6.61 Å². The van der Waals surface area contributed by atoms with Gasteiger partial charge in [0, 0.05) is 6.42 Å². The third kappa shape index (κ3) is 5.09. The highest BCUT2D eigenvalue weighted by Crippen LogP contribution is 2.24. The summed E-state index contributed by atoms with van der Waals surface area (Å²) in [4.78, 5) is 22.3. The Labute approximate surface area is 118 Å². The number of hydrogen-bond acceptors (Lipinski definition) is 5. The van der Waals surface area contributed by atoms with E-state index in [0.717, 1.165) is 12.8 Å². The van der Waals surface area contributed by atoms with E-state index in [1.165, 1.54) is 0 Å². The number of sulfonamides is 1. The van der Waals surface area contributed by atoms with Gasteiger partial charge in [0.1, 0.15) is 6.04 Å². The van der Waals surface area contributed by atoms with Gasteiger partial charge in [0.15, 0.2) is 0 Å². The summed E-state index contributed by atoms with van der Waals surface area (Å²) < 4.78 is 30.9. The average molecular weight is 307 g/mol. The fourth-order valence-electron chi connectivity index (χ4n) is 2.22. The molecule has 0 aliphatic heterocycles. The highest BCUT2D eigenvalue weighted by Gasteiger charge is 2.33. The molecule has 1 aliphatic rings. The number of carbonyl (C=O) groups excluding carboxylic acids is 1. The number of carbonyl (C=O) groups is 2. The van der Waals surface area contributed by atoms with E-state index in [-0.39, 0.29) is 19.4 Å². The maximum Gasteiger partial charge on any atom is 0.321 e. The van der Waals surface area contributed by atoms with E-state index < -0.39 is 33.3 Å². The van der Waals surface area contributed by atoms with Crippen LogP contribution in [0.25, 0.3) is 0 Å². The highest BCUT2D eigenvalue weighted by atomic mass is 32.2. The van der Waals surface area contributed by atoms with E-state index >= 15 is 0 Å². The van der Waals surface area contributed by atoms with Gasteiger partial charge in [-0.05, 0) is 26.2 Å². The van der Waals surface area contributed by atoms with Crippen molar-refractivity contribution < 1.29 is 27.9 Å². The predicted molar refractivity (Wildman–Crippen MR) is 71.6 cm³/mol. The molecule has 7 nitrogen and oxygen atoms in total. The maximum atomic E-state index is 12.0. The number of rotatable bonds is 8. The molecule has 1 saturated carbocycles. The Morgan fingerprint density at radius 2 is 1.95 bits per heavy atom. The summed E-state index contributed by atoms with van der Waals surface area (Å²) in [5, 5.41) is 8.52. The third-order valence-electron chi connectivity index (χ3n) is 3.29. The first-order valence-corrected chi connectivity index (χ1v) is 8.31. The summed E-state index contributed by atoms with van der Waals surface area (Å²) in [6.45, 7) is 1.86. The van der Waals surface area contributed by atoms with Gasteiger partial charge < -0.3 is 9.84 Å². The molecule has 116 valence electrons. The van der Waals surface area contributed by atoms with Crippen LogP contribution in [0.15, 0.2) is 0 Å². The van der Waals surface area contributed by atoms with Gasteiger partial charge in [-0.2, -0.15) is 0 Å². The molecule has 1 fully saturated rings. The van der Waals surface area contributed by atoms with Gasteiger partial charge >= 0.3 is 11.9 Å². The molecule has 0 bridgehead atoms. The molecule has 0 amide bonds.